The molecule has 1 aliphatic carbocycles. The Hall–Kier alpha value is -0.970. The minimum Gasteiger partial charge on any atom is -0.481 e. The van der Waals surface area contributed by atoms with E-state index in [-0.39, 0.29) is 19.0 Å². The molecular weight excluding hydrogens is 258 g/mol. The average molecular weight is 280 g/mol. The Kier molecular flexibility index (Phi) is 5.93. The van der Waals surface area contributed by atoms with Gasteiger partial charge in [0.2, 0.25) is 0 Å². The summed E-state index contributed by atoms with van der Waals surface area (Å²) in [5.74, 6) is -0.828. The zero-order chi connectivity index (χ0) is 13.1. The van der Waals surface area contributed by atoms with Crippen molar-refractivity contribution in [3.63, 3.8) is 0 Å². The Morgan fingerprint density at radius 2 is 1.78 bits per heavy atom. The molecule has 2 N–H and O–H groups in total. The highest BCUT2D eigenvalue weighted by Gasteiger charge is 2.41. The number of ether oxygens (including phenoxy) is 1. The van der Waals surface area contributed by atoms with Crippen LogP contribution < -0.4 is 5.32 Å². The van der Waals surface area contributed by atoms with Gasteiger partial charge in [-0.15, -0.1) is 12.4 Å². The SMILES string of the molecule is CC(C)(C)OC(=O)NCC1(C(=O)O)CCCC1.Cl. The van der Waals surface area contributed by atoms with Gasteiger partial charge < -0.3 is 15.2 Å². The Bertz CT molecular complexity index is 306. The fourth-order valence-corrected chi connectivity index (χ4v) is 2.07. The van der Waals surface area contributed by atoms with Gasteiger partial charge in [-0.05, 0) is 33.6 Å². The fraction of sp³-hybridized carbons (Fsp3) is 0.833. The third-order valence-electron chi connectivity index (χ3n) is 2.98. The molecule has 0 heterocycles. The highest BCUT2D eigenvalue weighted by atomic mass is 35.5. The Morgan fingerprint density at radius 3 is 2.17 bits per heavy atom. The number of amides is 1. The second-order valence-corrected chi connectivity index (χ2v) is 5.65. The standard InChI is InChI=1S/C12H21NO4.ClH/c1-11(2,3)17-10(16)13-8-12(9(14)15)6-4-5-7-12;/h4-8H2,1-3H3,(H,13,16)(H,14,15);1H. The molecule has 106 valence electrons. The number of carboxylic acid groups (broad SMARTS) is 1. The normalized spacial score (nSPS) is 17.7. The summed E-state index contributed by atoms with van der Waals surface area (Å²) in [6.45, 7) is 5.47. The van der Waals surface area contributed by atoms with Gasteiger partial charge in [0.15, 0.2) is 0 Å². The topological polar surface area (TPSA) is 75.6 Å². The van der Waals surface area contributed by atoms with Gasteiger partial charge in [-0.3, -0.25) is 4.79 Å². The predicted molar refractivity (Wildman–Crippen MR) is 70.0 cm³/mol. The van der Waals surface area contributed by atoms with Crippen LogP contribution in [0.5, 0.6) is 0 Å². The summed E-state index contributed by atoms with van der Waals surface area (Å²) in [4.78, 5) is 22.7. The van der Waals surface area contributed by atoms with E-state index in [2.05, 4.69) is 5.32 Å². The summed E-state index contributed by atoms with van der Waals surface area (Å²) in [6, 6.07) is 0. The molecule has 0 saturated heterocycles. The van der Waals surface area contributed by atoms with E-state index in [1.54, 1.807) is 20.8 Å². The van der Waals surface area contributed by atoms with Crippen molar-refractivity contribution in [1.29, 1.82) is 0 Å². The van der Waals surface area contributed by atoms with Gasteiger partial charge in [0.25, 0.3) is 0 Å². The van der Waals surface area contributed by atoms with Gasteiger partial charge in [-0.25, -0.2) is 4.79 Å². The maximum atomic E-state index is 11.5. The molecule has 1 aliphatic rings. The van der Waals surface area contributed by atoms with Crippen LogP contribution >= 0.6 is 12.4 Å². The van der Waals surface area contributed by atoms with E-state index >= 15 is 0 Å². The Labute approximate surface area is 114 Å². The zero-order valence-corrected chi connectivity index (χ0v) is 11.9. The van der Waals surface area contributed by atoms with Crippen LogP contribution in [-0.4, -0.2) is 29.3 Å². The van der Waals surface area contributed by atoms with Crippen LogP contribution in [0.15, 0.2) is 0 Å². The number of carbonyl (C=O) groups is 2. The molecule has 5 nitrogen and oxygen atoms in total. The van der Waals surface area contributed by atoms with Crippen LogP contribution in [0.25, 0.3) is 0 Å². The summed E-state index contributed by atoms with van der Waals surface area (Å²) < 4.78 is 5.08. The number of alkyl carbamates (subject to hydrolysis) is 1. The Morgan fingerprint density at radius 1 is 1.28 bits per heavy atom. The van der Waals surface area contributed by atoms with Crippen molar-refractivity contribution in [1.82, 2.24) is 5.32 Å². The van der Waals surface area contributed by atoms with Crippen LogP contribution in [-0.2, 0) is 9.53 Å². The molecule has 0 atom stereocenters. The van der Waals surface area contributed by atoms with E-state index in [9.17, 15) is 14.7 Å². The average Bonchev–Trinajstić information content (AvgIpc) is 2.61. The molecule has 0 aromatic rings. The number of carboxylic acids is 1. The maximum absolute atomic E-state index is 11.5. The lowest BCUT2D eigenvalue weighted by molar-refractivity contribution is -0.148. The summed E-state index contributed by atoms with van der Waals surface area (Å²) in [5, 5.41) is 11.8. The largest absolute Gasteiger partial charge is 0.481 e. The molecular formula is C12H22ClNO4. The lowest BCUT2D eigenvalue weighted by Crippen LogP contribution is -2.43. The number of hydrogen-bond donors (Lipinski definition) is 2. The van der Waals surface area contributed by atoms with Crippen molar-refractivity contribution in [3.05, 3.63) is 0 Å². The Balaban J connectivity index is 0.00000289. The minimum absolute atomic E-state index is 0. The molecule has 0 aliphatic heterocycles. The van der Waals surface area contributed by atoms with E-state index in [0.717, 1.165) is 12.8 Å². The van der Waals surface area contributed by atoms with Gasteiger partial charge in [0.05, 0.1) is 5.41 Å². The predicted octanol–water partition coefficient (Wildman–Crippen LogP) is 2.58. The van der Waals surface area contributed by atoms with Crippen molar-refractivity contribution in [3.8, 4) is 0 Å². The third kappa shape index (κ3) is 4.72. The number of aliphatic carboxylic acids is 1. The third-order valence-corrected chi connectivity index (χ3v) is 2.98. The molecule has 18 heavy (non-hydrogen) atoms. The first-order valence-corrected chi connectivity index (χ1v) is 5.95. The quantitative estimate of drug-likeness (QED) is 0.832. The zero-order valence-electron chi connectivity index (χ0n) is 11.1. The monoisotopic (exact) mass is 279 g/mol. The van der Waals surface area contributed by atoms with E-state index < -0.39 is 23.1 Å². The van der Waals surface area contributed by atoms with Gasteiger partial charge in [-0.2, -0.15) is 0 Å². The molecule has 0 unspecified atom stereocenters. The van der Waals surface area contributed by atoms with Crippen LogP contribution in [0.3, 0.4) is 0 Å². The number of nitrogens with one attached hydrogen (secondary N) is 1. The number of carbonyl (C=O) groups excluding carboxylic acids is 1. The summed E-state index contributed by atoms with van der Waals surface area (Å²) in [5.41, 5.74) is -1.35. The van der Waals surface area contributed by atoms with Crippen LogP contribution in [0.2, 0.25) is 0 Å². The van der Waals surface area contributed by atoms with E-state index in [4.69, 9.17) is 4.74 Å². The molecule has 6 heteroatoms. The second kappa shape index (κ2) is 6.27. The van der Waals surface area contributed by atoms with Gasteiger partial charge in [-0.1, -0.05) is 12.8 Å². The van der Waals surface area contributed by atoms with Gasteiger partial charge in [0, 0.05) is 6.54 Å². The van der Waals surface area contributed by atoms with Crippen molar-refractivity contribution >= 4 is 24.5 Å². The van der Waals surface area contributed by atoms with E-state index in [0.29, 0.717) is 12.8 Å². The molecule has 1 rings (SSSR count). The number of hydrogen-bond acceptors (Lipinski definition) is 3. The maximum Gasteiger partial charge on any atom is 0.407 e. The molecule has 1 amide bonds. The minimum atomic E-state index is -0.828. The number of halogens is 1. The first-order valence-electron chi connectivity index (χ1n) is 5.95. The highest BCUT2D eigenvalue weighted by molar-refractivity contribution is 5.85. The number of rotatable bonds is 3. The van der Waals surface area contributed by atoms with Crippen molar-refractivity contribution in [2.24, 2.45) is 5.41 Å². The summed E-state index contributed by atoms with van der Waals surface area (Å²) in [6.07, 6.45) is 2.51. The fourth-order valence-electron chi connectivity index (χ4n) is 2.07. The molecule has 0 bridgehead atoms. The molecule has 0 spiro atoms. The van der Waals surface area contributed by atoms with Gasteiger partial charge >= 0.3 is 12.1 Å². The molecule has 1 fully saturated rings. The molecule has 1 saturated carbocycles. The van der Waals surface area contributed by atoms with Crippen molar-refractivity contribution in [2.75, 3.05) is 6.54 Å². The van der Waals surface area contributed by atoms with Crippen molar-refractivity contribution in [2.45, 2.75) is 52.1 Å². The van der Waals surface area contributed by atoms with Gasteiger partial charge in [0.1, 0.15) is 5.60 Å². The molecule has 0 radical (unpaired) electrons. The van der Waals surface area contributed by atoms with E-state index in [1.165, 1.54) is 0 Å². The van der Waals surface area contributed by atoms with E-state index in [1.807, 2.05) is 0 Å². The lowest BCUT2D eigenvalue weighted by atomic mass is 9.86. The summed E-state index contributed by atoms with van der Waals surface area (Å²) >= 11 is 0. The molecule has 0 aromatic heterocycles. The first-order chi connectivity index (χ1) is 7.75. The van der Waals surface area contributed by atoms with Crippen LogP contribution in [0, 0.1) is 5.41 Å². The lowest BCUT2D eigenvalue weighted by Gasteiger charge is -2.25. The van der Waals surface area contributed by atoms with Crippen molar-refractivity contribution < 1.29 is 19.4 Å². The smallest absolute Gasteiger partial charge is 0.407 e. The van der Waals surface area contributed by atoms with Crippen LogP contribution in [0.1, 0.15) is 46.5 Å². The highest BCUT2D eigenvalue weighted by Crippen LogP contribution is 2.37. The summed E-state index contributed by atoms with van der Waals surface area (Å²) in [7, 11) is 0. The molecule has 0 aromatic carbocycles. The second-order valence-electron chi connectivity index (χ2n) is 5.65. The van der Waals surface area contributed by atoms with Crippen LogP contribution in [0.4, 0.5) is 4.79 Å². The first kappa shape index (κ1) is 17.0.